The summed E-state index contributed by atoms with van der Waals surface area (Å²) in [5, 5.41) is 16.8. The molecule has 0 saturated carbocycles. The molecule has 1 aromatic heterocycles. The number of aromatic carboxylic acids is 1. The Balaban J connectivity index is 2.17. The average Bonchev–Trinajstić information content (AvgIpc) is 2.69. The van der Waals surface area contributed by atoms with Crippen LogP contribution in [0.15, 0.2) is 22.7 Å². The maximum Gasteiger partial charge on any atom is 0.335 e. The van der Waals surface area contributed by atoms with Crippen LogP contribution in [0.2, 0.25) is 0 Å². The maximum absolute atomic E-state index is 10.9. The number of ether oxygens (including phenoxy) is 1. The smallest absolute Gasteiger partial charge is 0.335 e. The zero-order valence-electron chi connectivity index (χ0n) is 10.4. The summed E-state index contributed by atoms with van der Waals surface area (Å²) in [4.78, 5) is 10.9. The monoisotopic (exact) mass is 325 g/mol. The van der Waals surface area contributed by atoms with Gasteiger partial charge in [0.05, 0.1) is 10.0 Å². The minimum absolute atomic E-state index is 0.173. The summed E-state index contributed by atoms with van der Waals surface area (Å²) < 4.78 is 8.08. The van der Waals surface area contributed by atoms with Crippen molar-refractivity contribution in [1.29, 1.82) is 0 Å². The van der Waals surface area contributed by atoms with Gasteiger partial charge in [-0.05, 0) is 41.1 Å². The van der Waals surface area contributed by atoms with Crippen molar-refractivity contribution >= 4 is 21.9 Å². The van der Waals surface area contributed by atoms with E-state index in [4.69, 9.17) is 9.84 Å². The van der Waals surface area contributed by atoms with Crippen molar-refractivity contribution in [3.63, 3.8) is 0 Å². The van der Waals surface area contributed by atoms with E-state index in [9.17, 15) is 4.79 Å². The first-order valence-electron chi connectivity index (χ1n) is 5.49. The van der Waals surface area contributed by atoms with E-state index in [1.807, 2.05) is 18.5 Å². The van der Waals surface area contributed by atoms with Gasteiger partial charge in [-0.1, -0.05) is 0 Å². The number of aromatic nitrogens is 3. The second-order valence-electron chi connectivity index (χ2n) is 3.96. The second-order valence-corrected chi connectivity index (χ2v) is 4.82. The molecular weight excluding hydrogens is 314 g/mol. The molecule has 0 saturated heterocycles. The van der Waals surface area contributed by atoms with Gasteiger partial charge in [0.25, 0.3) is 0 Å². The summed E-state index contributed by atoms with van der Waals surface area (Å²) in [6.07, 6.45) is 0. The minimum atomic E-state index is -0.994. The van der Waals surface area contributed by atoms with Crippen molar-refractivity contribution in [2.45, 2.75) is 13.5 Å². The Bertz CT molecular complexity index is 625. The van der Waals surface area contributed by atoms with Gasteiger partial charge < -0.3 is 14.4 Å². The summed E-state index contributed by atoms with van der Waals surface area (Å²) in [6, 6.07) is 4.61. The fourth-order valence-electron chi connectivity index (χ4n) is 1.47. The van der Waals surface area contributed by atoms with Crippen LogP contribution < -0.4 is 4.74 Å². The van der Waals surface area contributed by atoms with Crippen molar-refractivity contribution < 1.29 is 14.6 Å². The highest BCUT2D eigenvalue weighted by Crippen LogP contribution is 2.26. The molecule has 0 spiro atoms. The molecule has 0 aliphatic rings. The predicted octanol–water partition coefficient (Wildman–Crippen LogP) is 2.16. The van der Waals surface area contributed by atoms with E-state index in [2.05, 4.69) is 26.1 Å². The number of hydrogen-bond donors (Lipinski definition) is 1. The van der Waals surface area contributed by atoms with Gasteiger partial charge in [0.1, 0.15) is 18.2 Å². The first-order chi connectivity index (χ1) is 8.99. The Hall–Kier alpha value is -1.89. The zero-order chi connectivity index (χ0) is 14.0. The Morgan fingerprint density at radius 1 is 1.47 bits per heavy atom. The van der Waals surface area contributed by atoms with Gasteiger partial charge in [0.2, 0.25) is 0 Å². The Labute approximate surface area is 118 Å². The molecule has 6 nitrogen and oxygen atoms in total. The van der Waals surface area contributed by atoms with Gasteiger partial charge in [-0.3, -0.25) is 0 Å². The molecule has 0 fully saturated rings. The molecule has 0 atom stereocenters. The molecule has 2 aromatic rings. The van der Waals surface area contributed by atoms with Crippen LogP contribution in [0.1, 0.15) is 22.0 Å². The molecule has 19 heavy (non-hydrogen) atoms. The Morgan fingerprint density at radius 3 is 2.79 bits per heavy atom. The first kappa shape index (κ1) is 13.5. The summed E-state index contributed by atoms with van der Waals surface area (Å²) in [5.74, 6) is 0.925. The fraction of sp³-hybridized carbons (Fsp3) is 0.250. The standard InChI is InChI=1S/C12H12BrN3O3/c1-7-14-15-11(16(7)2)6-19-10-5-8(12(17)18)3-4-9(10)13/h3-5H,6H2,1-2H3,(H,17,18). The summed E-state index contributed by atoms with van der Waals surface area (Å²) in [7, 11) is 1.84. The van der Waals surface area contributed by atoms with Crippen molar-refractivity contribution in [1.82, 2.24) is 14.8 Å². The summed E-state index contributed by atoms with van der Waals surface area (Å²) in [6.45, 7) is 2.07. The van der Waals surface area contributed by atoms with Crippen LogP contribution in [-0.2, 0) is 13.7 Å². The van der Waals surface area contributed by atoms with Crippen LogP contribution in [0.25, 0.3) is 0 Å². The number of nitrogens with zero attached hydrogens (tertiary/aromatic N) is 3. The van der Waals surface area contributed by atoms with Crippen LogP contribution in [0.4, 0.5) is 0 Å². The van der Waals surface area contributed by atoms with E-state index in [1.54, 1.807) is 6.07 Å². The highest BCUT2D eigenvalue weighted by molar-refractivity contribution is 9.10. The largest absolute Gasteiger partial charge is 0.484 e. The molecule has 0 amide bonds. The van der Waals surface area contributed by atoms with Gasteiger partial charge in [-0.25, -0.2) is 4.79 Å². The van der Waals surface area contributed by atoms with Crippen LogP contribution in [-0.4, -0.2) is 25.8 Å². The van der Waals surface area contributed by atoms with Gasteiger partial charge in [0.15, 0.2) is 5.82 Å². The van der Waals surface area contributed by atoms with Gasteiger partial charge in [-0.2, -0.15) is 0 Å². The third-order valence-electron chi connectivity index (χ3n) is 2.72. The molecule has 1 heterocycles. The molecule has 0 unspecified atom stereocenters. The quantitative estimate of drug-likeness (QED) is 0.932. The Kier molecular flexibility index (Phi) is 3.84. The van der Waals surface area contributed by atoms with Crippen LogP contribution in [0.3, 0.4) is 0 Å². The predicted molar refractivity (Wildman–Crippen MR) is 71.2 cm³/mol. The van der Waals surface area contributed by atoms with Crippen LogP contribution in [0.5, 0.6) is 5.75 Å². The molecule has 7 heteroatoms. The third kappa shape index (κ3) is 2.93. The van der Waals surface area contributed by atoms with E-state index in [-0.39, 0.29) is 12.2 Å². The van der Waals surface area contributed by atoms with Crippen molar-refractivity contribution in [3.8, 4) is 5.75 Å². The van der Waals surface area contributed by atoms with Gasteiger partial charge in [0, 0.05) is 7.05 Å². The fourth-order valence-corrected chi connectivity index (χ4v) is 1.83. The summed E-state index contributed by atoms with van der Waals surface area (Å²) >= 11 is 3.32. The van der Waals surface area contributed by atoms with Crippen molar-refractivity contribution in [2.75, 3.05) is 0 Å². The number of rotatable bonds is 4. The van der Waals surface area contributed by atoms with Gasteiger partial charge >= 0.3 is 5.97 Å². The molecule has 0 radical (unpaired) electrons. The summed E-state index contributed by atoms with van der Waals surface area (Å²) in [5.41, 5.74) is 0.173. The van der Waals surface area contributed by atoms with Gasteiger partial charge in [-0.15, -0.1) is 10.2 Å². The van der Waals surface area contributed by atoms with E-state index in [1.165, 1.54) is 12.1 Å². The number of carboxylic acids is 1. The number of hydrogen-bond acceptors (Lipinski definition) is 4. The molecule has 0 bridgehead atoms. The average molecular weight is 326 g/mol. The number of halogens is 1. The maximum atomic E-state index is 10.9. The third-order valence-corrected chi connectivity index (χ3v) is 3.37. The molecule has 2 rings (SSSR count). The molecule has 1 N–H and O–H groups in total. The number of benzene rings is 1. The van der Waals surface area contributed by atoms with E-state index in [0.717, 1.165) is 5.82 Å². The van der Waals surface area contributed by atoms with Crippen LogP contribution in [0, 0.1) is 6.92 Å². The highest BCUT2D eigenvalue weighted by atomic mass is 79.9. The lowest BCUT2D eigenvalue weighted by atomic mass is 10.2. The normalized spacial score (nSPS) is 10.5. The molecule has 0 aliphatic heterocycles. The highest BCUT2D eigenvalue weighted by Gasteiger charge is 2.10. The minimum Gasteiger partial charge on any atom is -0.484 e. The molecule has 0 aliphatic carbocycles. The van der Waals surface area contributed by atoms with E-state index in [0.29, 0.717) is 16.0 Å². The lowest BCUT2D eigenvalue weighted by Gasteiger charge is -2.08. The number of carbonyl (C=O) groups is 1. The SMILES string of the molecule is Cc1nnc(COc2cc(C(=O)O)ccc2Br)n1C. The van der Waals surface area contributed by atoms with E-state index >= 15 is 0 Å². The second kappa shape index (κ2) is 5.40. The lowest BCUT2D eigenvalue weighted by Crippen LogP contribution is -2.05. The zero-order valence-corrected chi connectivity index (χ0v) is 12.0. The number of carboxylic acid groups (broad SMARTS) is 1. The molecular formula is C12H12BrN3O3. The number of aryl methyl sites for hydroxylation is 1. The molecule has 100 valence electrons. The van der Waals surface area contributed by atoms with Crippen molar-refractivity contribution in [3.05, 3.63) is 39.9 Å². The Morgan fingerprint density at radius 2 is 2.21 bits per heavy atom. The van der Waals surface area contributed by atoms with Crippen LogP contribution >= 0.6 is 15.9 Å². The lowest BCUT2D eigenvalue weighted by molar-refractivity contribution is 0.0696. The van der Waals surface area contributed by atoms with Crippen molar-refractivity contribution in [2.24, 2.45) is 7.05 Å². The van der Waals surface area contributed by atoms with E-state index < -0.39 is 5.97 Å². The molecule has 1 aromatic carbocycles. The topological polar surface area (TPSA) is 77.2 Å². The first-order valence-corrected chi connectivity index (χ1v) is 6.29.